The van der Waals surface area contributed by atoms with E-state index in [2.05, 4.69) is 5.32 Å². The van der Waals surface area contributed by atoms with Crippen LogP contribution in [-0.4, -0.2) is 43.5 Å². The molecule has 2 aliphatic heterocycles. The van der Waals surface area contributed by atoms with Crippen LogP contribution in [0, 0.1) is 0 Å². The van der Waals surface area contributed by atoms with Crippen molar-refractivity contribution in [3.05, 3.63) is 0 Å². The van der Waals surface area contributed by atoms with Gasteiger partial charge in [-0.05, 0) is 25.0 Å². The van der Waals surface area contributed by atoms with Crippen LogP contribution in [0.1, 0.15) is 25.7 Å². The van der Waals surface area contributed by atoms with Crippen LogP contribution in [0.2, 0.25) is 0 Å². The highest BCUT2D eigenvalue weighted by atomic mass is 32.2. The quantitative estimate of drug-likeness (QED) is 0.812. The highest BCUT2D eigenvalue weighted by Gasteiger charge is 2.28. The molecule has 2 aliphatic rings. The first-order chi connectivity index (χ1) is 7.16. The van der Waals surface area contributed by atoms with Crippen LogP contribution in [0.25, 0.3) is 0 Å². The van der Waals surface area contributed by atoms with E-state index in [0.29, 0.717) is 16.8 Å². The summed E-state index contributed by atoms with van der Waals surface area (Å²) < 4.78 is 22.5. The fraction of sp³-hybridized carbons (Fsp3) is 1.00. The minimum Gasteiger partial charge on any atom is -0.312 e. The van der Waals surface area contributed by atoms with Gasteiger partial charge in [-0.3, -0.25) is 0 Å². The second-order valence-corrected chi connectivity index (χ2v) is 8.13. The molecule has 0 bridgehead atoms. The van der Waals surface area contributed by atoms with Crippen molar-refractivity contribution in [2.24, 2.45) is 0 Å². The number of hydrogen-bond acceptors (Lipinski definition) is 4. The summed E-state index contributed by atoms with van der Waals surface area (Å²) in [6, 6.07) is 0.220. The van der Waals surface area contributed by atoms with Gasteiger partial charge in [-0.25, -0.2) is 8.42 Å². The summed E-state index contributed by atoms with van der Waals surface area (Å²) in [6.07, 6.45) is 4.78. The van der Waals surface area contributed by atoms with Gasteiger partial charge in [0.25, 0.3) is 0 Å². The third-order valence-electron chi connectivity index (χ3n) is 3.14. The van der Waals surface area contributed by atoms with Crippen molar-refractivity contribution in [3.8, 4) is 0 Å². The number of rotatable bonds is 3. The number of sulfone groups is 1. The summed E-state index contributed by atoms with van der Waals surface area (Å²) in [5.74, 6) is 2.00. The average Bonchev–Trinajstić information content (AvgIpc) is 2.57. The van der Waals surface area contributed by atoms with Crippen LogP contribution in [0.3, 0.4) is 0 Å². The van der Waals surface area contributed by atoms with Gasteiger partial charge in [0.2, 0.25) is 0 Å². The molecule has 0 radical (unpaired) electrons. The predicted molar refractivity (Wildman–Crippen MR) is 65.2 cm³/mol. The molecule has 0 aromatic heterocycles. The zero-order chi connectivity index (χ0) is 10.7. The molecule has 0 aromatic rings. The number of thioether (sulfide) groups is 1. The Balaban J connectivity index is 1.70. The van der Waals surface area contributed by atoms with Gasteiger partial charge in [-0.2, -0.15) is 11.8 Å². The van der Waals surface area contributed by atoms with E-state index in [1.165, 1.54) is 25.0 Å². The van der Waals surface area contributed by atoms with Crippen molar-refractivity contribution in [1.29, 1.82) is 0 Å². The van der Waals surface area contributed by atoms with E-state index >= 15 is 0 Å². The molecule has 0 spiro atoms. The predicted octanol–water partition coefficient (Wildman–Crippen LogP) is 1.05. The van der Waals surface area contributed by atoms with E-state index in [1.807, 2.05) is 11.8 Å². The minimum absolute atomic E-state index is 0.220. The molecule has 3 nitrogen and oxygen atoms in total. The van der Waals surface area contributed by atoms with Gasteiger partial charge in [-0.15, -0.1) is 0 Å². The van der Waals surface area contributed by atoms with Gasteiger partial charge in [-0.1, -0.05) is 6.42 Å². The zero-order valence-electron chi connectivity index (χ0n) is 8.94. The molecule has 0 aromatic carbocycles. The molecular formula is C10H19NO2S2. The smallest absolute Gasteiger partial charge is 0.151 e. The number of nitrogens with one attached hydrogen (secondary N) is 1. The maximum absolute atomic E-state index is 11.2. The highest BCUT2D eigenvalue weighted by Crippen LogP contribution is 2.24. The maximum atomic E-state index is 11.2. The lowest BCUT2D eigenvalue weighted by Crippen LogP contribution is -2.36. The molecule has 0 saturated carbocycles. The Bertz CT molecular complexity index is 297. The van der Waals surface area contributed by atoms with Crippen LogP contribution < -0.4 is 5.32 Å². The minimum atomic E-state index is -2.72. The Kier molecular flexibility index (Phi) is 3.96. The van der Waals surface area contributed by atoms with E-state index in [4.69, 9.17) is 0 Å². The van der Waals surface area contributed by atoms with Gasteiger partial charge in [0.05, 0.1) is 11.5 Å². The van der Waals surface area contributed by atoms with E-state index in [0.717, 1.165) is 13.0 Å². The lowest BCUT2D eigenvalue weighted by molar-refractivity contribution is 0.527. The van der Waals surface area contributed by atoms with Crippen molar-refractivity contribution >= 4 is 21.6 Å². The third kappa shape index (κ3) is 3.64. The fourth-order valence-corrected chi connectivity index (χ4v) is 5.18. The van der Waals surface area contributed by atoms with Crippen LogP contribution in [-0.2, 0) is 9.84 Å². The largest absolute Gasteiger partial charge is 0.312 e. The number of hydrogen-bond donors (Lipinski definition) is 1. The first-order valence-electron chi connectivity index (χ1n) is 5.71. The van der Waals surface area contributed by atoms with Gasteiger partial charge in [0, 0.05) is 17.8 Å². The van der Waals surface area contributed by atoms with Crippen molar-refractivity contribution in [2.75, 3.05) is 23.8 Å². The lowest BCUT2D eigenvalue weighted by Gasteiger charge is -2.23. The third-order valence-corrected chi connectivity index (χ3v) is 6.31. The second-order valence-electron chi connectivity index (χ2n) is 4.50. The van der Waals surface area contributed by atoms with Crippen molar-refractivity contribution in [1.82, 2.24) is 5.32 Å². The topological polar surface area (TPSA) is 46.2 Å². The van der Waals surface area contributed by atoms with E-state index in [1.54, 1.807) is 0 Å². The molecule has 2 atom stereocenters. The Morgan fingerprint density at radius 1 is 1.27 bits per heavy atom. The van der Waals surface area contributed by atoms with Crippen molar-refractivity contribution < 1.29 is 8.42 Å². The Morgan fingerprint density at radius 2 is 2.13 bits per heavy atom. The van der Waals surface area contributed by atoms with Crippen LogP contribution >= 0.6 is 11.8 Å². The van der Waals surface area contributed by atoms with Crippen molar-refractivity contribution in [3.63, 3.8) is 0 Å². The standard InChI is InChI=1S/C10H19NO2S2/c12-15(13)6-4-9(8-15)11-7-10-3-1-2-5-14-10/h9-11H,1-8H2. The molecule has 2 rings (SSSR count). The molecule has 2 heterocycles. The molecule has 1 N–H and O–H groups in total. The molecule has 2 saturated heterocycles. The monoisotopic (exact) mass is 249 g/mol. The van der Waals surface area contributed by atoms with E-state index < -0.39 is 9.84 Å². The van der Waals surface area contributed by atoms with Crippen LogP contribution in [0.4, 0.5) is 0 Å². The maximum Gasteiger partial charge on any atom is 0.151 e. The summed E-state index contributed by atoms with van der Waals surface area (Å²) >= 11 is 2.03. The normalized spacial score (nSPS) is 35.5. The summed E-state index contributed by atoms with van der Waals surface area (Å²) in [7, 11) is -2.72. The van der Waals surface area contributed by atoms with Crippen LogP contribution in [0.15, 0.2) is 0 Å². The molecule has 88 valence electrons. The van der Waals surface area contributed by atoms with Gasteiger partial charge < -0.3 is 5.32 Å². The molecule has 2 fully saturated rings. The van der Waals surface area contributed by atoms with Crippen LogP contribution in [0.5, 0.6) is 0 Å². The molecular weight excluding hydrogens is 230 g/mol. The average molecular weight is 249 g/mol. The second kappa shape index (κ2) is 5.06. The van der Waals surface area contributed by atoms with E-state index in [9.17, 15) is 8.42 Å². The summed E-state index contributed by atoms with van der Waals surface area (Å²) in [6.45, 7) is 0.991. The van der Waals surface area contributed by atoms with Gasteiger partial charge in [0.15, 0.2) is 9.84 Å². The summed E-state index contributed by atoms with van der Waals surface area (Å²) in [4.78, 5) is 0. The highest BCUT2D eigenvalue weighted by molar-refractivity contribution is 7.99. The summed E-state index contributed by atoms with van der Waals surface area (Å²) in [5.41, 5.74) is 0. The Labute approximate surface area is 96.3 Å². The molecule has 15 heavy (non-hydrogen) atoms. The first-order valence-corrected chi connectivity index (χ1v) is 8.58. The lowest BCUT2D eigenvalue weighted by atomic mass is 10.2. The summed E-state index contributed by atoms with van der Waals surface area (Å²) in [5, 5.41) is 4.12. The zero-order valence-corrected chi connectivity index (χ0v) is 10.6. The molecule has 0 amide bonds. The Morgan fingerprint density at radius 3 is 2.73 bits per heavy atom. The SMILES string of the molecule is O=S1(=O)CCC(NCC2CCCCS2)C1. The fourth-order valence-electron chi connectivity index (χ4n) is 2.22. The molecule has 5 heteroatoms. The molecule has 0 aliphatic carbocycles. The Hall–Kier alpha value is 0.260. The van der Waals surface area contributed by atoms with Gasteiger partial charge >= 0.3 is 0 Å². The molecule has 2 unspecified atom stereocenters. The van der Waals surface area contributed by atoms with Crippen molar-refractivity contribution in [2.45, 2.75) is 37.0 Å². The van der Waals surface area contributed by atoms with E-state index in [-0.39, 0.29) is 6.04 Å². The van der Waals surface area contributed by atoms with Gasteiger partial charge in [0.1, 0.15) is 0 Å². The first kappa shape index (κ1) is 11.7.